The molecule has 24 heavy (non-hydrogen) atoms. The molecule has 1 aliphatic rings. The lowest BCUT2D eigenvalue weighted by Gasteiger charge is -2.32. The molecule has 2 aromatic carbocycles. The summed E-state index contributed by atoms with van der Waals surface area (Å²) in [6.45, 7) is 1.74. The first-order valence-corrected chi connectivity index (χ1v) is 8.72. The summed E-state index contributed by atoms with van der Waals surface area (Å²) in [6.07, 6.45) is 3.47. The van der Waals surface area contributed by atoms with Gasteiger partial charge in [0.15, 0.2) is 0 Å². The molecule has 0 spiro atoms. The summed E-state index contributed by atoms with van der Waals surface area (Å²) in [4.78, 5) is 14.5. The van der Waals surface area contributed by atoms with Gasteiger partial charge in [-0.05, 0) is 48.4 Å². The van der Waals surface area contributed by atoms with Crippen LogP contribution in [0.5, 0.6) is 5.75 Å². The Kier molecular flexibility index (Phi) is 5.52. The van der Waals surface area contributed by atoms with Crippen LogP contribution in [-0.2, 0) is 11.2 Å². The molecule has 0 N–H and O–H groups in total. The van der Waals surface area contributed by atoms with Crippen molar-refractivity contribution in [2.75, 3.05) is 20.2 Å². The molecule has 1 aliphatic heterocycles. The second kappa shape index (κ2) is 8.00. The Balaban J connectivity index is 1.48. The van der Waals surface area contributed by atoms with Crippen LogP contribution in [0.2, 0.25) is 0 Å². The average molecular weight is 323 g/mol. The largest absolute Gasteiger partial charge is 0.497 e. The molecular weight excluding hydrogens is 298 g/mol. The van der Waals surface area contributed by atoms with Crippen molar-refractivity contribution >= 4 is 5.91 Å². The van der Waals surface area contributed by atoms with Crippen molar-refractivity contribution < 1.29 is 9.53 Å². The van der Waals surface area contributed by atoms with E-state index < -0.39 is 0 Å². The number of hydrogen-bond donors (Lipinski definition) is 0. The number of likely N-dealkylation sites (tertiary alicyclic amines) is 1. The monoisotopic (exact) mass is 323 g/mol. The van der Waals surface area contributed by atoms with Crippen molar-refractivity contribution in [2.24, 2.45) is 0 Å². The third kappa shape index (κ3) is 4.16. The van der Waals surface area contributed by atoms with Crippen LogP contribution < -0.4 is 4.74 Å². The molecule has 0 saturated carbocycles. The number of carbonyl (C=O) groups excluding carboxylic acids is 1. The first-order chi connectivity index (χ1) is 11.8. The molecule has 0 bridgehead atoms. The minimum atomic E-state index is 0.268. The van der Waals surface area contributed by atoms with Gasteiger partial charge in [-0.25, -0.2) is 0 Å². The van der Waals surface area contributed by atoms with Crippen LogP contribution >= 0.6 is 0 Å². The first kappa shape index (κ1) is 16.6. The first-order valence-electron chi connectivity index (χ1n) is 8.72. The topological polar surface area (TPSA) is 29.5 Å². The van der Waals surface area contributed by atoms with Gasteiger partial charge in [-0.1, -0.05) is 42.5 Å². The Morgan fingerprint density at radius 2 is 1.83 bits per heavy atom. The van der Waals surface area contributed by atoms with Gasteiger partial charge in [0.25, 0.3) is 0 Å². The van der Waals surface area contributed by atoms with E-state index in [0.717, 1.165) is 43.7 Å². The second-order valence-corrected chi connectivity index (χ2v) is 6.42. The van der Waals surface area contributed by atoms with Gasteiger partial charge in [0, 0.05) is 19.5 Å². The Morgan fingerprint density at radius 1 is 1.08 bits per heavy atom. The van der Waals surface area contributed by atoms with E-state index in [1.165, 1.54) is 5.56 Å². The summed E-state index contributed by atoms with van der Waals surface area (Å²) < 4.78 is 5.24. The van der Waals surface area contributed by atoms with Gasteiger partial charge in [-0.2, -0.15) is 0 Å². The Bertz CT molecular complexity index is 661. The van der Waals surface area contributed by atoms with E-state index in [0.29, 0.717) is 12.3 Å². The molecule has 1 amide bonds. The molecule has 3 rings (SSSR count). The number of benzene rings is 2. The number of ether oxygens (including phenoxy) is 1. The van der Waals surface area contributed by atoms with Crippen molar-refractivity contribution in [1.82, 2.24) is 4.90 Å². The molecule has 0 aliphatic carbocycles. The lowest BCUT2D eigenvalue weighted by Crippen LogP contribution is -2.38. The lowest BCUT2D eigenvalue weighted by molar-refractivity contribution is -0.132. The number of amides is 1. The zero-order chi connectivity index (χ0) is 16.8. The standard InChI is InChI=1S/C21H25NO2/c1-24-20-9-5-6-17(16-20)10-11-21(23)22-14-12-19(13-15-22)18-7-3-2-4-8-18/h2-9,16,19H,10-15H2,1H3. The van der Waals surface area contributed by atoms with Crippen molar-refractivity contribution in [3.63, 3.8) is 0 Å². The fourth-order valence-electron chi connectivity index (χ4n) is 3.42. The molecular formula is C21H25NO2. The summed E-state index contributed by atoms with van der Waals surface area (Å²) in [5.74, 6) is 1.71. The van der Waals surface area contributed by atoms with E-state index in [4.69, 9.17) is 4.74 Å². The molecule has 1 saturated heterocycles. The highest BCUT2D eigenvalue weighted by Gasteiger charge is 2.23. The summed E-state index contributed by atoms with van der Waals surface area (Å²) >= 11 is 0. The van der Waals surface area contributed by atoms with Crippen LogP contribution in [0.25, 0.3) is 0 Å². The fraction of sp³-hybridized carbons (Fsp3) is 0.381. The minimum absolute atomic E-state index is 0.268. The predicted molar refractivity (Wildman–Crippen MR) is 96.3 cm³/mol. The van der Waals surface area contributed by atoms with E-state index in [-0.39, 0.29) is 5.91 Å². The minimum Gasteiger partial charge on any atom is -0.497 e. The van der Waals surface area contributed by atoms with E-state index in [1.54, 1.807) is 7.11 Å². The van der Waals surface area contributed by atoms with Crippen LogP contribution in [0.15, 0.2) is 54.6 Å². The maximum atomic E-state index is 12.5. The van der Waals surface area contributed by atoms with Crippen LogP contribution in [0.1, 0.15) is 36.3 Å². The molecule has 1 fully saturated rings. The zero-order valence-corrected chi connectivity index (χ0v) is 14.3. The number of methoxy groups -OCH3 is 1. The number of carbonyl (C=O) groups is 1. The Labute approximate surface area is 144 Å². The van der Waals surface area contributed by atoms with Crippen molar-refractivity contribution in [3.05, 3.63) is 65.7 Å². The fourth-order valence-corrected chi connectivity index (χ4v) is 3.42. The van der Waals surface area contributed by atoms with Crippen molar-refractivity contribution in [1.29, 1.82) is 0 Å². The van der Waals surface area contributed by atoms with Gasteiger partial charge in [0.05, 0.1) is 7.11 Å². The molecule has 0 unspecified atom stereocenters. The molecule has 2 aromatic rings. The normalized spacial score (nSPS) is 15.3. The average Bonchev–Trinajstić information content (AvgIpc) is 2.67. The van der Waals surface area contributed by atoms with E-state index in [2.05, 4.69) is 36.4 Å². The van der Waals surface area contributed by atoms with Gasteiger partial charge in [-0.15, -0.1) is 0 Å². The number of aryl methyl sites for hydroxylation is 1. The summed E-state index contributed by atoms with van der Waals surface area (Å²) in [5.41, 5.74) is 2.56. The lowest BCUT2D eigenvalue weighted by atomic mass is 9.89. The van der Waals surface area contributed by atoms with Crippen LogP contribution in [0, 0.1) is 0 Å². The Morgan fingerprint density at radius 3 is 2.54 bits per heavy atom. The third-order valence-corrected chi connectivity index (χ3v) is 4.88. The maximum absolute atomic E-state index is 12.5. The smallest absolute Gasteiger partial charge is 0.222 e. The van der Waals surface area contributed by atoms with Gasteiger partial charge in [0.1, 0.15) is 5.75 Å². The van der Waals surface area contributed by atoms with E-state index >= 15 is 0 Å². The number of nitrogens with zero attached hydrogens (tertiary/aromatic N) is 1. The molecule has 126 valence electrons. The SMILES string of the molecule is COc1cccc(CCC(=O)N2CCC(c3ccccc3)CC2)c1. The Hall–Kier alpha value is -2.29. The summed E-state index contributed by atoms with van der Waals surface area (Å²) in [5, 5.41) is 0. The number of rotatable bonds is 5. The molecule has 0 aromatic heterocycles. The van der Waals surface area contributed by atoms with Crippen LogP contribution in [-0.4, -0.2) is 31.0 Å². The van der Waals surface area contributed by atoms with Crippen molar-refractivity contribution in [3.8, 4) is 5.75 Å². The van der Waals surface area contributed by atoms with Crippen LogP contribution in [0.4, 0.5) is 0 Å². The van der Waals surface area contributed by atoms with Gasteiger partial charge in [0.2, 0.25) is 5.91 Å². The molecule has 1 heterocycles. The summed E-state index contributed by atoms with van der Waals surface area (Å²) in [7, 11) is 1.67. The third-order valence-electron chi connectivity index (χ3n) is 4.88. The summed E-state index contributed by atoms with van der Waals surface area (Å²) in [6, 6.07) is 18.6. The maximum Gasteiger partial charge on any atom is 0.222 e. The number of hydrogen-bond acceptors (Lipinski definition) is 2. The highest BCUT2D eigenvalue weighted by molar-refractivity contribution is 5.76. The van der Waals surface area contributed by atoms with E-state index in [9.17, 15) is 4.79 Å². The molecule has 0 atom stereocenters. The number of piperidine rings is 1. The second-order valence-electron chi connectivity index (χ2n) is 6.42. The van der Waals surface area contributed by atoms with Gasteiger partial charge in [-0.3, -0.25) is 4.79 Å². The molecule has 0 radical (unpaired) electrons. The predicted octanol–water partition coefficient (Wildman–Crippen LogP) is 4.03. The highest BCUT2D eigenvalue weighted by Crippen LogP contribution is 2.28. The van der Waals surface area contributed by atoms with E-state index in [1.807, 2.05) is 23.1 Å². The van der Waals surface area contributed by atoms with Gasteiger partial charge >= 0.3 is 0 Å². The molecule has 3 heteroatoms. The zero-order valence-electron chi connectivity index (χ0n) is 14.3. The van der Waals surface area contributed by atoms with Crippen LogP contribution in [0.3, 0.4) is 0 Å². The van der Waals surface area contributed by atoms with Crippen molar-refractivity contribution in [2.45, 2.75) is 31.6 Å². The highest BCUT2D eigenvalue weighted by atomic mass is 16.5. The molecule has 3 nitrogen and oxygen atoms in total. The van der Waals surface area contributed by atoms with Gasteiger partial charge < -0.3 is 9.64 Å². The quantitative estimate of drug-likeness (QED) is 0.831.